The number of carbonyl (C=O) groups is 2. The average molecular weight is 600 g/mol. The number of ether oxygens (including phenoxy) is 1. The van der Waals surface area contributed by atoms with Gasteiger partial charge < -0.3 is 4.74 Å². The number of aryl methyl sites for hydroxylation is 1. The zero-order chi connectivity index (χ0) is 28.3. The molecule has 40 heavy (non-hydrogen) atoms. The second-order valence-electron chi connectivity index (χ2n) is 10.5. The molecule has 1 aliphatic carbocycles. The van der Waals surface area contributed by atoms with Gasteiger partial charge in [-0.15, -0.1) is 11.3 Å². The number of thiophene rings is 1. The van der Waals surface area contributed by atoms with E-state index < -0.39 is 10.0 Å². The highest BCUT2D eigenvalue weighted by molar-refractivity contribution is 7.89. The molecule has 0 unspecified atom stereocenters. The topological polar surface area (TPSA) is 80.8 Å². The summed E-state index contributed by atoms with van der Waals surface area (Å²) in [4.78, 5) is 29.1. The summed E-state index contributed by atoms with van der Waals surface area (Å²) in [6, 6.07) is 12.0. The highest BCUT2D eigenvalue weighted by atomic mass is 35.5. The second-order valence-corrected chi connectivity index (χ2v) is 14.0. The molecule has 0 amide bonds. The molecule has 0 radical (unpaired) electrons. The Morgan fingerprint density at radius 2 is 1.60 bits per heavy atom. The number of nitrogens with zero attached hydrogens (tertiary/aromatic N) is 1. The number of benzene rings is 2. The summed E-state index contributed by atoms with van der Waals surface area (Å²) in [6.45, 7) is 0.911. The van der Waals surface area contributed by atoms with E-state index in [0.717, 1.165) is 73.1 Å². The molecule has 1 fully saturated rings. The Balaban J connectivity index is 1.42. The lowest BCUT2D eigenvalue weighted by Crippen LogP contribution is -2.32. The minimum atomic E-state index is -3.82. The van der Waals surface area contributed by atoms with Crippen molar-refractivity contribution in [3.63, 3.8) is 0 Å². The molecule has 2 aliphatic rings. The summed E-state index contributed by atoms with van der Waals surface area (Å²) in [5.41, 5.74) is 2.94. The van der Waals surface area contributed by atoms with Gasteiger partial charge in [-0.3, -0.25) is 9.59 Å². The van der Waals surface area contributed by atoms with Gasteiger partial charge >= 0.3 is 0 Å². The third-order valence-corrected chi connectivity index (χ3v) is 11.5. The van der Waals surface area contributed by atoms with Crippen LogP contribution in [0.15, 0.2) is 47.4 Å². The van der Waals surface area contributed by atoms with Crippen molar-refractivity contribution in [2.24, 2.45) is 0 Å². The van der Waals surface area contributed by atoms with E-state index in [9.17, 15) is 18.0 Å². The van der Waals surface area contributed by atoms with E-state index in [1.54, 1.807) is 24.5 Å². The standard InChI is InChI=1S/C31H34ClNO5S2/c1-38-23-13-10-21(11-14-23)18-27(35)31-24-8-4-5-9-28(24)39-29(31)20-26(34)22-12-15-25(32)30(19-22)40(36,37)33-16-6-2-3-7-17-33/h10-15,19H,2-9,16-18,20H2,1H3. The molecular formula is C31H34ClNO5S2. The van der Waals surface area contributed by atoms with Crippen LogP contribution < -0.4 is 4.74 Å². The van der Waals surface area contributed by atoms with E-state index >= 15 is 0 Å². The first-order valence-corrected chi connectivity index (χ1v) is 16.5. The summed E-state index contributed by atoms with van der Waals surface area (Å²) in [5.74, 6) is 0.518. The van der Waals surface area contributed by atoms with E-state index in [2.05, 4.69) is 0 Å². The monoisotopic (exact) mass is 599 g/mol. The molecule has 0 saturated carbocycles. The van der Waals surface area contributed by atoms with E-state index in [1.807, 2.05) is 24.3 Å². The van der Waals surface area contributed by atoms with Crippen LogP contribution in [0, 0.1) is 0 Å². The van der Waals surface area contributed by atoms with Crippen LogP contribution in [0.5, 0.6) is 5.75 Å². The van der Waals surface area contributed by atoms with Crippen molar-refractivity contribution >= 4 is 44.5 Å². The number of ketones is 2. The summed E-state index contributed by atoms with van der Waals surface area (Å²) < 4.78 is 33.6. The Labute approximate surface area is 245 Å². The highest BCUT2D eigenvalue weighted by Gasteiger charge is 2.30. The zero-order valence-corrected chi connectivity index (χ0v) is 25.1. The maximum absolute atomic E-state index is 13.6. The van der Waals surface area contributed by atoms with Gasteiger partial charge in [0.2, 0.25) is 10.0 Å². The summed E-state index contributed by atoms with van der Waals surface area (Å²) in [5, 5.41) is 0.114. The predicted molar refractivity (Wildman–Crippen MR) is 159 cm³/mol. The predicted octanol–water partition coefficient (Wildman–Crippen LogP) is 6.70. The van der Waals surface area contributed by atoms with Crippen LogP contribution in [0.1, 0.15) is 80.1 Å². The molecule has 1 aromatic heterocycles. The van der Waals surface area contributed by atoms with Crippen molar-refractivity contribution in [3.05, 3.63) is 79.5 Å². The Kier molecular flexibility index (Phi) is 9.10. The molecule has 0 bridgehead atoms. The molecule has 1 aliphatic heterocycles. The molecule has 1 saturated heterocycles. The summed E-state index contributed by atoms with van der Waals surface area (Å²) in [6.07, 6.45) is 7.76. The maximum Gasteiger partial charge on any atom is 0.244 e. The lowest BCUT2D eigenvalue weighted by atomic mass is 9.90. The smallest absolute Gasteiger partial charge is 0.244 e. The number of hydrogen-bond acceptors (Lipinski definition) is 6. The van der Waals surface area contributed by atoms with Gasteiger partial charge in [0, 0.05) is 46.8 Å². The Hall–Kier alpha value is -2.52. The van der Waals surface area contributed by atoms with Crippen LogP contribution in [0.4, 0.5) is 0 Å². The van der Waals surface area contributed by atoms with Crippen molar-refractivity contribution in [2.75, 3.05) is 20.2 Å². The van der Waals surface area contributed by atoms with Crippen LogP contribution >= 0.6 is 22.9 Å². The molecule has 2 heterocycles. The first-order chi connectivity index (χ1) is 19.3. The first-order valence-electron chi connectivity index (χ1n) is 13.9. The number of methoxy groups -OCH3 is 1. The molecule has 9 heteroatoms. The number of carbonyl (C=O) groups excluding carboxylic acids is 2. The fourth-order valence-corrected chi connectivity index (χ4v) is 9.06. The van der Waals surface area contributed by atoms with Crippen molar-refractivity contribution in [3.8, 4) is 5.75 Å². The highest BCUT2D eigenvalue weighted by Crippen LogP contribution is 2.37. The van der Waals surface area contributed by atoms with Crippen LogP contribution in [0.25, 0.3) is 0 Å². The van der Waals surface area contributed by atoms with Crippen molar-refractivity contribution in [1.29, 1.82) is 0 Å². The molecule has 0 spiro atoms. The molecule has 212 valence electrons. The third-order valence-electron chi connectivity index (χ3n) is 7.80. The number of rotatable bonds is 9. The van der Waals surface area contributed by atoms with Gasteiger partial charge in [-0.1, -0.05) is 36.6 Å². The van der Waals surface area contributed by atoms with Crippen LogP contribution in [-0.4, -0.2) is 44.5 Å². The van der Waals surface area contributed by atoms with Crippen molar-refractivity contribution in [2.45, 2.75) is 69.1 Å². The van der Waals surface area contributed by atoms with Crippen LogP contribution in [0.3, 0.4) is 0 Å². The quantitative estimate of drug-likeness (QED) is 0.256. The summed E-state index contributed by atoms with van der Waals surface area (Å²) >= 11 is 7.92. The van der Waals surface area contributed by atoms with Gasteiger partial charge in [0.1, 0.15) is 10.6 Å². The van der Waals surface area contributed by atoms with Gasteiger partial charge in [0.25, 0.3) is 0 Å². The van der Waals surface area contributed by atoms with E-state index in [1.165, 1.54) is 21.3 Å². The van der Waals surface area contributed by atoms with E-state index in [0.29, 0.717) is 18.7 Å². The number of hydrogen-bond donors (Lipinski definition) is 0. The normalized spacial score (nSPS) is 16.2. The van der Waals surface area contributed by atoms with E-state index in [-0.39, 0.29) is 39.9 Å². The van der Waals surface area contributed by atoms with Crippen molar-refractivity contribution < 1.29 is 22.7 Å². The molecule has 3 aromatic rings. The van der Waals surface area contributed by atoms with Gasteiger partial charge in [-0.25, -0.2) is 8.42 Å². The minimum Gasteiger partial charge on any atom is -0.497 e. The minimum absolute atomic E-state index is 0.00732. The molecular weight excluding hydrogens is 566 g/mol. The third kappa shape index (κ3) is 6.20. The zero-order valence-electron chi connectivity index (χ0n) is 22.7. The van der Waals surface area contributed by atoms with Gasteiger partial charge in [0.15, 0.2) is 11.6 Å². The Bertz CT molecular complexity index is 1500. The fraction of sp³-hybridized carbons (Fsp3) is 0.419. The maximum atomic E-state index is 13.6. The first kappa shape index (κ1) is 29.0. The number of halogens is 1. The fourth-order valence-electron chi connectivity index (χ4n) is 5.63. The van der Waals surface area contributed by atoms with Gasteiger partial charge in [-0.2, -0.15) is 4.31 Å². The average Bonchev–Trinajstić information content (AvgIpc) is 3.10. The number of Topliss-reactive ketones (excluding diaryl/α,β-unsaturated/α-hetero) is 2. The van der Waals surface area contributed by atoms with Crippen LogP contribution in [0.2, 0.25) is 5.02 Å². The number of sulfonamides is 1. The van der Waals surface area contributed by atoms with Crippen LogP contribution in [-0.2, 0) is 35.7 Å². The summed E-state index contributed by atoms with van der Waals surface area (Å²) in [7, 11) is -2.21. The largest absolute Gasteiger partial charge is 0.497 e. The lowest BCUT2D eigenvalue weighted by molar-refractivity contribution is 0.0989. The van der Waals surface area contributed by atoms with E-state index in [4.69, 9.17) is 16.3 Å². The second kappa shape index (κ2) is 12.6. The van der Waals surface area contributed by atoms with Gasteiger partial charge in [-0.05, 0) is 80.0 Å². The molecule has 0 N–H and O–H groups in total. The molecule has 6 nitrogen and oxygen atoms in total. The molecule has 5 rings (SSSR count). The van der Waals surface area contributed by atoms with Gasteiger partial charge in [0.05, 0.1) is 12.1 Å². The molecule has 2 aromatic carbocycles. The number of fused-ring (bicyclic) bond motifs is 1. The van der Waals surface area contributed by atoms with Crippen molar-refractivity contribution in [1.82, 2.24) is 4.31 Å². The Morgan fingerprint density at radius 1 is 0.900 bits per heavy atom. The molecule has 0 atom stereocenters. The SMILES string of the molecule is COc1ccc(CC(=O)c2c(CC(=O)c3ccc(Cl)c(S(=O)(=O)N4CCCCCC4)c3)sc3c2CCCC3)cc1. The lowest BCUT2D eigenvalue weighted by Gasteiger charge is -2.21. The Morgan fingerprint density at radius 3 is 2.30 bits per heavy atom.